The van der Waals surface area contributed by atoms with E-state index in [1.807, 2.05) is 6.07 Å². The lowest BCUT2D eigenvalue weighted by Gasteiger charge is -2.61. The predicted octanol–water partition coefficient (Wildman–Crippen LogP) is 2.05. The smallest absolute Gasteiger partial charge is 0.302 e. The maximum Gasteiger partial charge on any atom is 0.302 e. The number of ether oxygens (including phenoxy) is 1. The van der Waals surface area contributed by atoms with Gasteiger partial charge in [-0.25, -0.2) is 0 Å². The van der Waals surface area contributed by atoms with Crippen LogP contribution in [0.25, 0.3) is 0 Å². The lowest BCUT2D eigenvalue weighted by Crippen LogP contribution is -2.70. The number of hydrogen-bond donors (Lipinski definition) is 1. The number of aliphatic hydroxyl groups excluding tert-OH is 1. The molecule has 1 saturated carbocycles. The van der Waals surface area contributed by atoms with Gasteiger partial charge in [-0.1, -0.05) is 18.2 Å². The molecule has 136 valence electrons. The molecule has 1 aromatic rings. The van der Waals surface area contributed by atoms with Gasteiger partial charge in [0.2, 0.25) is 0 Å². The van der Waals surface area contributed by atoms with E-state index in [4.69, 9.17) is 9.73 Å². The van der Waals surface area contributed by atoms with Crippen molar-refractivity contribution < 1.29 is 14.6 Å². The summed E-state index contributed by atoms with van der Waals surface area (Å²) in [6.07, 6.45) is 1.86. The van der Waals surface area contributed by atoms with Crippen molar-refractivity contribution in [3.63, 3.8) is 0 Å². The van der Waals surface area contributed by atoms with Gasteiger partial charge in [0.15, 0.2) is 0 Å². The molecule has 0 radical (unpaired) electrons. The second-order valence-corrected chi connectivity index (χ2v) is 8.81. The maximum absolute atomic E-state index is 12.1. The second kappa shape index (κ2) is 4.76. The maximum atomic E-state index is 12.1. The number of carbonyl (C=O) groups is 1. The van der Waals surface area contributed by atoms with E-state index in [0.29, 0.717) is 30.0 Å². The number of para-hydroxylation sites is 1. The second-order valence-electron chi connectivity index (χ2n) is 8.81. The Morgan fingerprint density at radius 1 is 1.42 bits per heavy atom. The monoisotopic (exact) mass is 352 g/mol. The Morgan fingerprint density at radius 2 is 2.23 bits per heavy atom. The van der Waals surface area contributed by atoms with Gasteiger partial charge in [0.25, 0.3) is 0 Å². The van der Waals surface area contributed by atoms with Gasteiger partial charge in [-0.2, -0.15) is 0 Å². The van der Waals surface area contributed by atoms with Gasteiger partial charge >= 0.3 is 5.97 Å². The molecule has 5 bridgehead atoms. The molecule has 7 rings (SSSR count). The molecule has 0 amide bonds. The van der Waals surface area contributed by atoms with Crippen LogP contribution in [-0.2, 0) is 14.9 Å². The Balaban J connectivity index is 1.60. The van der Waals surface area contributed by atoms with E-state index in [1.165, 1.54) is 18.2 Å². The number of nitrogens with zero attached hydrogens (tertiary/aromatic N) is 2. The van der Waals surface area contributed by atoms with Crippen LogP contribution in [0.4, 0.5) is 5.69 Å². The van der Waals surface area contributed by atoms with Crippen LogP contribution in [0.15, 0.2) is 29.3 Å². The molecule has 1 aliphatic carbocycles. The van der Waals surface area contributed by atoms with Crippen LogP contribution >= 0.6 is 0 Å². The average Bonchev–Trinajstić information content (AvgIpc) is 3.08. The number of rotatable bonds is 2. The highest BCUT2D eigenvalue weighted by Crippen LogP contribution is 2.67. The van der Waals surface area contributed by atoms with E-state index in [2.05, 4.69) is 30.0 Å². The third-order valence-electron chi connectivity index (χ3n) is 8.09. The molecule has 26 heavy (non-hydrogen) atoms. The summed E-state index contributed by atoms with van der Waals surface area (Å²) in [6, 6.07) is 9.49. The number of fused-ring (bicyclic) bond motifs is 2. The fourth-order valence-corrected chi connectivity index (χ4v) is 7.42. The van der Waals surface area contributed by atoms with Crippen molar-refractivity contribution in [1.82, 2.24) is 4.90 Å². The van der Waals surface area contributed by atoms with Gasteiger partial charge in [-0.15, -0.1) is 0 Å². The molecule has 4 saturated heterocycles. The summed E-state index contributed by atoms with van der Waals surface area (Å²) in [4.78, 5) is 19.8. The SMILES string of the molecule is CC(=O)OC1C2C3CC4C5=Nc6ccccc6C51CC2N4C(C)C3CO. The minimum Gasteiger partial charge on any atom is -0.461 e. The third-order valence-corrected chi connectivity index (χ3v) is 8.09. The number of aliphatic imine (C=N–C) groups is 1. The van der Waals surface area contributed by atoms with Gasteiger partial charge in [0.05, 0.1) is 22.9 Å². The Hall–Kier alpha value is -1.72. The summed E-state index contributed by atoms with van der Waals surface area (Å²) < 4.78 is 6.07. The van der Waals surface area contributed by atoms with Gasteiger partial charge in [-0.3, -0.25) is 14.7 Å². The first kappa shape index (κ1) is 15.3. The molecule has 9 atom stereocenters. The van der Waals surface area contributed by atoms with Crippen LogP contribution in [0.2, 0.25) is 0 Å². The molecule has 0 aromatic heterocycles. The lowest BCUT2D eigenvalue weighted by molar-refractivity contribution is -0.160. The molecule has 5 heterocycles. The van der Waals surface area contributed by atoms with Gasteiger partial charge in [0.1, 0.15) is 6.10 Å². The minimum atomic E-state index is -0.252. The topological polar surface area (TPSA) is 62.1 Å². The van der Waals surface area contributed by atoms with Crippen LogP contribution < -0.4 is 0 Å². The fraction of sp³-hybridized carbons (Fsp3) is 0.619. The molecule has 1 N–H and O–H groups in total. The van der Waals surface area contributed by atoms with Gasteiger partial charge in [-0.05, 0) is 37.3 Å². The number of piperidine rings is 4. The summed E-state index contributed by atoms with van der Waals surface area (Å²) in [5.41, 5.74) is 3.26. The van der Waals surface area contributed by atoms with Crippen molar-refractivity contribution in [2.45, 2.75) is 56.3 Å². The zero-order chi connectivity index (χ0) is 17.8. The summed E-state index contributed by atoms with van der Waals surface area (Å²) in [5.74, 6) is 0.750. The Bertz CT molecular complexity index is 851. The Morgan fingerprint density at radius 3 is 3.00 bits per heavy atom. The lowest BCUT2D eigenvalue weighted by atomic mass is 9.62. The van der Waals surface area contributed by atoms with E-state index in [9.17, 15) is 9.90 Å². The first-order valence-corrected chi connectivity index (χ1v) is 9.82. The molecular formula is C21H24N2O3. The molecule has 9 unspecified atom stereocenters. The molecule has 5 heteroatoms. The minimum absolute atomic E-state index is 0.158. The van der Waals surface area contributed by atoms with Crippen LogP contribution in [-0.4, -0.2) is 52.5 Å². The van der Waals surface area contributed by atoms with Crippen molar-refractivity contribution in [2.75, 3.05) is 6.61 Å². The number of benzene rings is 1. The van der Waals surface area contributed by atoms with E-state index in [1.54, 1.807) is 0 Å². The number of esters is 1. The highest BCUT2D eigenvalue weighted by Gasteiger charge is 2.75. The van der Waals surface area contributed by atoms with Crippen LogP contribution in [0.5, 0.6) is 0 Å². The van der Waals surface area contributed by atoms with Crippen LogP contribution in [0.1, 0.15) is 32.3 Å². The van der Waals surface area contributed by atoms with Crippen LogP contribution in [0, 0.1) is 17.8 Å². The van der Waals surface area contributed by atoms with Gasteiger partial charge in [0, 0.05) is 37.5 Å². The zero-order valence-electron chi connectivity index (χ0n) is 15.1. The van der Waals surface area contributed by atoms with Crippen molar-refractivity contribution in [3.8, 4) is 0 Å². The van der Waals surface area contributed by atoms with E-state index < -0.39 is 0 Å². The summed E-state index contributed by atoms with van der Waals surface area (Å²) in [7, 11) is 0. The third kappa shape index (κ3) is 1.49. The molecule has 5 nitrogen and oxygen atoms in total. The molecule has 1 aromatic carbocycles. The van der Waals surface area contributed by atoms with Crippen LogP contribution in [0.3, 0.4) is 0 Å². The van der Waals surface area contributed by atoms with Crippen molar-refractivity contribution >= 4 is 17.4 Å². The predicted molar refractivity (Wildman–Crippen MR) is 96.4 cm³/mol. The first-order valence-electron chi connectivity index (χ1n) is 9.82. The molecule has 6 aliphatic rings. The first-order chi connectivity index (χ1) is 12.6. The average molecular weight is 352 g/mol. The molecule has 1 spiro atoms. The Labute approximate surface area is 153 Å². The van der Waals surface area contributed by atoms with Crippen molar-refractivity contribution in [2.24, 2.45) is 22.7 Å². The van der Waals surface area contributed by atoms with E-state index >= 15 is 0 Å². The van der Waals surface area contributed by atoms with E-state index in [-0.39, 0.29) is 30.0 Å². The fourth-order valence-electron chi connectivity index (χ4n) is 7.42. The normalized spacial score (nSPS) is 49.0. The quantitative estimate of drug-likeness (QED) is 0.828. The molecule has 5 aliphatic heterocycles. The number of carbonyl (C=O) groups excluding carboxylic acids is 1. The van der Waals surface area contributed by atoms with Gasteiger partial charge < -0.3 is 9.84 Å². The number of aliphatic hydroxyl groups is 1. The molecular weight excluding hydrogens is 328 g/mol. The van der Waals surface area contributed by atoms with Crippen molar-refractivity contribution in [1.29, 1.82) is 0 Å². The number of hydrogen-bond acceptors (Lipinski definition) is 5. The zero-order valence-corrected chi connectivity index (χ0v) is 15.1. The van der Waals surface area contributed by atoms with E-state index in [0.717, 1.165) is 18.5 Å². The standard InChI is InChI=1S/C21H24N2O3/c1-10-13(9-24)12-7-16-19-21(14-5-3-4-6-15(14)22-19)8-17(23(10)16)18(12)20(21)26-11(2)25/h3-6,10,12-13,16-18,20,24H,7-9H2,1-2H3. The molecule has 5 fully saturated rings. The Kier molecular flexibility index (Phi) is 2.81. The highest BCUT2D eigenvalue weighted by molar-refractivity contribution is 6.08. The largest absolute Gasteiger partial charge is 0.461 e. The highest BCUT2D eigenvalue weighted by atomic mass is 16.5. The summed E-state index contributed by atoms with van der Waals surface area (Å²) in [5, 5.41) is 10.1. The van der Waals surface area contributed by atoms with Crippen molar-refractivity contribution in [3.05, 3.63) is 29.8 Å². The summed E-state index contributed by atoms with van der Waals surface area (Å²) in [6.45, 7) is 3.99. The summed E-state index contributed by atoms with van der Waals surface area (Å²) >= 11 is 0.